The zero-order chi connectivity index (χ0) is 20.5. The zero-order valence-corrected chi connectivity index (χ0v) is 17.9. The van der Waals surface area contributed by atoms with Crippen LogP contribution < -0.4 is 10.1 Å². The lowest BCUT2D eigenvalue weighted by Crippen LogP contribution is -2.49. The summed E-state index contributed by atoms with van der Waals surface area (Å²) < 4.78 is 11.8. The molecule has 2 unspecified atom stereocenters. The van der Waals surface area contributed by atoms with Gasteiger partial charge in [0, 0.05) is 32.0 Å². The molecule has 1 fully saturated rings. The Morgan fingerprint density at radius 3 is 2.48 bits per heavy atom. The lowest BCUT2D eigenvalue weighted by Gasteiger charge is -2.35. The van der Waals surface area contributed by atoms with E-state index in [9.17, 15) is 0 Å². The van der Waals surface area contributed by atoms with Crippen LogP contribution in [0.5, 0.6) is 5.75 Å². The van der Waals surface area contributed by atoms with Crippen LogP contribution in [0.25, 0.3) is 0 Å². The molecule has 1 aliphatic heterocycles. The van der Waals surface area contributed by atoms with Gasteiger partial charge in [0.25, 0.3) is 0 Å². The number of ether oxygens (including phenoxy) is 2. The summed E-state index contributed by atoms with van der Waals surface area (Å²) >= 11 is 0. The maximum absolute atomic E-state index is 6.48. The van der Waals surface area contributed by atoms with Gasteiger partial charge in [-0.15, -0.1) is 0 Å². The van der Waals surface area contributed by atoms with Crippen LogP contribution in [0.2, 0.25) is 0 Å². The van der Waals surface area contributed by atoms with Crippen molar-refractivity contribution in [1.82, 2.24) is 14.9 Å². The topological polar surface area (TPSA) is 59.5 Å². The predicted molar refractivity (Wildman–Crippen MR) is 116 cm³/mol. The third-order valence-corrected chi connectivity index (χ3v) is 5.33. The zero-order valence-electron chi connectivity index (χ0n) is 17.9. The third kappa shape index (κ3) is 6.68. The Morgan fingerprint density at radius 1 is 1.10 bits per heavy atom. The van der Waals surface area contributed by atoms with Gasteiger partial charge in [0.1, 0.15) is 11.6 Å². The first-order valence-electron chi connectivity index (χ1n) is 10.6. The van der Waals surface area contributed by atoms with Crippen LogP contribution in [-0.4, -0.2) is 60.4 Å². The molecular formula is C23H34N4O2. The van der Waals surface area contributed by atoms with Crippen LogP contribution in [0.4, 0.5) is 5.82 Å². The predicted octanol–water partition coefficient (Wildman–Crippen LogP) is 3.65. The lowest BCUT2D eigenvalue weighted by atomic mass is 10.00. The van der Waals surface area contributed by atoms with Gasteiger partial charge in [0.05, 0.1) is 25.5 Å². The second-order valence-electron chi connectivity index (χ2n) is 8.10. The summed E-state index contributed by atoms with van der Waals surface area (Å²) in [5.74, 6) is 2.19. The van der Waals surface area contributed by atoms with Crippen molar-refractivity contribution in [3.05, 3.63) is 48.4 Å². The Bertz CT molecular complexity index is 703. The number of hydrogen-bond donors (Lipinski definition) is 1. The SMILES string of the molecule is COc1ccc(CC(OCC(C)C)C(CNc2cnccn2)N2CCCC2)cc1. The molecule has 1 saturated heterocycles. The number of likely N-dealkylation sites (tertiary alicyclic amines) is 1. The summed E-state index contributed by atoms with van der Waals surface area (Å²) in [7, 11) is 1.70. The van der Waals surface area contributed by atoms with Crippen LogP contribution in [0.15, 0.2) is 42.9 Å². The molecule has 2 aromatic rings. The Kier molecular flexibility index (Phi) is 8.25. The van der Waals surface area contributed by atoms with Gasteiger partial charge in [-0.2, -0.15) is 0 Å². The molecule has 0 radical (unpaired) electrons. The van der Waals surface area contributed by atoms with Crippen molar-refractivity contribution < 1.29 is 9.47 Å². The largest absolute Gasteiger partial charge is 0.497 e. The molecule has 0 saturated carbocycles. The van der Waals surface area contributed by atoms with Gasteiger partial charge in [0.2, 0.25) is 0 Å². The van der Waals surface area contributed by atoms with Crippen molar-refractivity contribution in [2.24, 2.45) is 5.92 Å². The molecule has 158 valence electrons. The Morgan fingerprint density at radius 2 is 1.86 bits per heavy atom. The number of anilines is 1. The molecular weight excluding hydrogens is 364 g/mol. The number of nitrogens with one attached hydrogen (secondary N) is 1. The van der Waals surface area contributed by atoms with Crippen molar-refractivity contribution in [2.45, 2.75) is 45.3 Å². The third-order valence-electron chi connectivity index (χ3n) is 5.33. The van der Waals surface area contributed by atoms with Crippen LogP contribution in [0, 0.1) is 5.92 Å². The number of rotatable bonds is 11. The minimum atomic E-state index is 0.105. The average Bonchev–Trinajstić information content (AvgIpc) is 3.27. The molecule has 3 rings (SSSR count). The molecule has 0 amide bonds. The molecule has 0 aliphatic carbocycles. The smallest absolute Gasteiger partial charge is 0.144 e. The van der Waals surface area contributed by atoms with Crippen LogP contribution >= 0.6 is 0 Å². The minimum absolute atomic E-state index is 0.105. The van der Waals surface area contributed by atoms with E-state index >= 15 is 0 Å². The molecule has 29 heavy (non-hydrogen) atoms. The van der Waals surface area contributed by atoms with Crippen LogP contribution in [-0.2, 0) is 11.2 Å². The van der Waals surface area contributed by atoms with E-state index in [1.807, 2.05) is 12.1 Å². The molecule has 1 aliphatic rings. The van der Waals surface area contributed by atoms with Crippen molar-refractivity contribution in [3.63, 3.8) is 0 Å². The van der Waals surface area contributed by atoms with E-state index in [1.165, 1.54) is 18.4 Å². The first-order valence-corrected chi connectivity index (χ1v) is 10.6. The van der Waals surface area contributed by atoms with E-state index in [0.717, 1.165) is 44.2 Å². The van der Waals surface area contributed by atoms with E-state index < -0.39 is 0 Å². The number of benzene rings is 1. The highest BCUT2D eigenvalue weighted by Crippen LogP contribution is 2.22. The maximum Gasteiger partial charge on any atom is 0.144 e. The van der Waals surface area contributed by atoms with Crippen molar-refractivity contribution in [3.8, 4) is 5.75 Å². The second-order valence-corrected chi connectivity index (χ2v) is 8.10. The molecule has 0 bridgehead atoms. The fourth-order valence-electron chi connectivity index (χ4n) is 3.78. The summed E-state index contributed by atoms with van der Waals surface area (Å²) in [5.41, 5.74) is 1.27. The first-order chi connectivity index (χ1) is 14.2. The van der Waals surface area contributed by atoms with E-state index in [1.54, 1.807) is 25.7 Å². The highest BCUT2D eigenvalue weighted by Gasteiger charge is 2.30. The molecule has 2 heterocycles. The second kappa shape index (κ2) is 11.1. The van der Waals surface area contributed by atoms with Gasteiger partial charge in [-0.05, 0) is 49.5 Å². The van der Waals surface area contributed by atoms with Crippen LogP contribution in [0.1, 0.15) is 32.3 Å². The molecule has 1 aromatic heterocycles. The number of methoxy groups -OCH3 is 1. The summed E-state index contributed by atoms with van der Waals surface area (Å²) in [6.07, 6.45) is 8.67. The van der Waals surface area contributed by atoms with Crippen LogP contribution in [0.3, 0.4) is 0 Å². The van der Waals surface area contributed by atoms with E-state index in [2.05, 4.69) is 46.2 Å². The van der Waals surface area contributed by atoms with Gasteiger partial charge in [0.15, 0.2) is 0 Å². The fourth-order valence-corrected chi connectivity index (χ4v) is 3.78. The van der Waals surface area contributed by atoms with Crippen molar-refractivity contribution >= 4 is 5.82 Å². The quantitative estimate of drug-likeness (QED) is 0.624. The standard InChI is InChI=1S/C23H34N4O2/c1-18(2)17-29-22(14-19-6-8-20(28-3)9-7-19)21(27-12-4-5-13-27)15-26-23-16-24-10-11-25-23/h6-11,16,18,21-22H,4-5,12-15,17H2,1-3H3,(H,25,26). The maximum atomic E-state index is 6.48. The van der Waals surface area contributed by atoms with Gasteiger partial charge < -0.3 is 14.8 Å². The summed E-state index contributed by atoms with van der Waals surface area (Å²) in [4.78, 5) is 11.1. The van der Waals surface area contributed by atoms with Crippen molar-refractivity contribution in [2.75, 3.05) is 38.7 Å². The van der Waals surface area contributed by atoms with E-state index in [-0.39, 0.29) is 12.1 Å². The fraction of sp³-hybridized carbons (Fsp3) is 0.565. The van der Waals surface area contributed by atoms with Crippen molar-refractivity contribution in [1.29, 1.82) is 0 Å². The normalized spacial score (nSPS) is 16.7. The minimum Gasteiger partial charge on any atom is -0.497 e. The summed E-state index contributed by atoms with van der Waals surface area (Å²) in [6, 6.07) is 8.61. The van der Waals surface area contributed by atoms with Gasteiger partial charge >= 0.3 is 0 Å². The highest BCUT2D eigenvalue weighted by atomic mass is 16.5. The average molecular weight is 399 g/mol. The van der Waals surface area contributed by atoms with Gasteiger partial charge in [-0.3, -0.25) is 9.88 Å². The van der Waals surface area contributed by atoms with E-state index in [0.29, 0.717) is 5.92 Å². The monoisotopic (exact) mass is 398 g/mol. The molecule has 6 nitrogen and oxygen atoms in total. The number of nitrogens with zero attached hydrogens (tertiary/aromatic N) is 3. The van der Waals surface area contributed by atoms with E-state index in [4.69, 9.17) is 9.47 Å². The number of aromatic nitrogens is 2. The summed E-state index contributed by atoms with van der Waals surface area (Å²) in [5, 5.41) is 3.48. The first kappa shape index (κ1) is 21.5. The van der Waals surface area contributed by atoms with Gasteiger partial charge in [-0.25, -0.2) is 4.98 Å². The Balaban J connectivity index is 1.75. The Labute approximate surface area is 174 Å². The Hall–Kier alpha value is -2.18. The van der Waals surface area contributed by atoms with Gasteiger partial charge in [-0.1, -0.05) is 26.0 Å². The highest BCUT2D eigenvalue weighted by molar-refractivity contribution is 5.31. The lowest BCUT2D eigenvalue weighted by molar-refractivity contribution is -0.0153. The molecule has 0 spiro atoms. The molecule has 6 heteroatoms. The summed E-state index contributed by atoms with van der Waals surface area (Å²) in [6.45, 7) is 8.20. The number of hydrogen-bond acceptors (Lipinski definition) is 6. The molecule has 1 aromatic carbocycles. The molecule has 2 atom stereocenters. The molecule has 1 N–H and O–H groups in total.